The number of nitrogens with one attached hydrogen (secondary N) is 2. The first kappa shape index (κ1) is 14.0. The summed E-state index contributed by atoms with van der Waals surface area (Å²) in [6, 6.07) is 3.97. The lowest BCUT2D eigenvalue weighted by molar-refractivity contribution is -0.126. The molecule has 0 bridgehead atoms. The second-order valence-corrected chi connectivity index (χ2v) is 7.95. The van der Waals surface area contributed by atoms with Crippen molar-refractivity contribution in [3.8, 4) is 0 Å². The van der Waals surface area contributed by atoms with Crippen molar-refractivity contribution >= 4 is 33.2 Å². The van der Waals surface area contributed by atoms with Crippen LogP contribution in [0.15, 0.2) is 15.9 Å². The van der Waals surface area contributed by atoms with E-state index in [2.05, 4.69) is 40.4 Å². The first-order valence-corrected chi connectivity index (χ1v) is 7.85. The van der Waals surface area contributed by atoms with Crippen LogP contribution < -0.4 is 10.6 Å². The third kappa shape index (κ3) is 3.33. The summed E-state index contributed by atoms with van der Waals surface area (Å²) in [4.78, 5) is 13.4. The lowest BCUT2D eigenvalue weighted by Gasteiger charge is -2.38. The summed E-state index contributed by atoms with van der Waals surface area (Å²) in [6.45, 7) is 5.87. The Kier molecular flexibility index (Phi) is 4.45. The fraction of sp³-hybridized carbons (Fsp3) is 0.615. The lowest BCUT2D eigenvalue weighted by atomic mass is 9.77. The number of carbonyl (C=O) groups is 1. The number of amides is 1. The number of rotatable bonds is 3. The number of thiophene rings is 1. The molecule has 1 aromatic rings. The van der Waals surface area contributed by atoms with E-state index in [0.29, 0.717) is 6.54 Å². The van der Waals surface area contributed by atoms with E-state index in [0.717, 1.165) is 23.2 Å². The molecule has 0 aliphatic carbocycles. The first-order valence-electron chi connectivity index (χ1n) is 6.24. The summed E-state index contributed by atoms with van der Waals surface area (Å²) in [6.07, 6.45) is 2.25. The van der Waals surface area contributed by atoms with E-state index in [1.165, 1.54) is 4.88 Å². The minimum absolute atomic E-state index is 0.0400. The molecule has 18 heavy (non-hydrogen) atoms. The number of hydrogen-bond donors (Lipinski definition) is 2. The molecule has 5 heteroatoms. The van der Waals surface area contributed by atoms with Crippen LogP contribution >= 0.6 is 27.3 Å². The van der Waals surface area contributed by atoms with Gasteiger partial charge in [0, 0.05) is 4.88 Å². The molecule has 3 nitrogen and oxygen atoms in total. The highest BCUT2D eigenvalue weighted by Crippen LogP contribution is 2.30. The van der Waals surface area contributed by atoms with Gasteiger partial charge in [0.15, 0.2) is 0 Å². The van der Waals surface area contributed by atoms with Crippen LogP contribution in [-0.2, 0) is 11.3 Å². The molecule has 1 amide bonds. The second-order valence-electron chi connectivity index (χ2n) is 5.40. The molecule has 1 fully saturated rings. The highest BCUT2D eigenvalue weighted by atomic mass is 79.9. The van der Waals surface area contributed by atoms with Crippen LogP contribution in [0.25, 0.3) is 0 Å². The Labute approximate surface area is 120 Å². The molecule has 1 atom stereocenters. The average molecular weight is 331 g/mol. The minimum Gasteiger partial charge on any atom is -0.350 e. The fourth-order valence-corrected chi connectivity index (χ4v) is 3.80. The predicted molar refractivity (Wildman–Crippen MR) is 78.7 cm³/mol. The number of hydrogen-bond acceptors (Lipinski definition) is 3. The van der Waals surface area contributed by atoms with E-state index in [-0.39, 0.29) is 17.4 Å². The van der Waals surface area contributed by atoms with Crippen LogP contribution in [0.1, 0.15) is 31.6 Å². The monoisotopic (exact) mass is 330 g/mol. The van der Waals surface area contributed by atoms with Crippen molar-refractivity contribution in [2.45, 2.75) is 39.3 Å². The van der Waals surface area contributed by atoms with E-state index in [9.17, 15) is 4.79 Å². The molecule has 2 heterocycles. The van der Waals surface area contributed by atoms with Gasteiger partial charge in [-0.3, -0.25) is 4.79 Å². The van der Waals surface area contributed by atoms with Crippen LogP contribution in [0, 0.1) is 5.41 Å². The van der Waals surface area contributed by atoms with Crippen LogP contribution in [0.2, 0.25) is 0 Å². The second kappa shape index (κ2) is 5.72. The Morgan fingerprint density at radius 1 is 1.61 bits per heavy atom. The van der Waals surface area contributed by atoms with Crippen molar-refractivity contribution in [2.75, 3.05) is 6.54 Å². The Morgan fingerprint density at radius 3 is 3.00 bits per heavy atom. The van der Waals surface area contributed by atoms with Gasteiger partial charge in [-0.15, -0.1) is 11.3 Å². The third-order valence-corrected chi connectivity index (χ3v) is 5.08. The van der Waals surface area contributed by atoms with E-state index >= 15 is 0 Å². The quantitative estimate of drug-likeness (QED) is 0.894. The van der Waals surface area contributed by atoms with Crippen molar-refractivity contribution in [2.24, 2.45) is 5.41 Å². The van der Waals surface area contributed by atoms with Crippen LogP contribution in [0.3, 0.4) is 0 Å². The SMILES string of the molecule is CC1(C)CCCNC1C(=O)NCc1ccc(Br)s1. The van der Waals surface area contributed by atoms with Gasteiger partial charge in [0.25, 0.3) is 0 Å². The molecule has 1 unspecified atom stereocenters. The smallest absolute Gasteiger partial charge is 0.237 e. The van der Waals surface area contributed by atoms with E-state index in [1.807, 2.05) is 12.1 Å². The Bertz CT molecular complexity index is 430. The molecule has 100 valence electrons. The minimum atomic E-state index is -0.0744. The van der Waals surface area contributed by atoms with E-state index in [1.54, 1.807) is 11.3 Å². The number of carbonyl (C=O) groups excluding carboxylic acids is 1. The molecular formula is C13H19BrN2OS. The molecule has 0 aromatic carbocycles. The van der Waals surface area contributed by atoms with Gasteiger partial charge in [-0.25, -0.2) is 0 Å². The Hall–Kier alpha value is -0.390. The summed E-state index contributed by atoms with van der Waals surface area (Å²) in [5.74, 6) is 0.115. The maximum atomic E-state index is 12.2. The van der Waals surface area contributed by atoms with Crippen molar-refractivity contribution in [1.82, 2.24) is 10.6 Å². The van der Waals surface area contributed by atoms with Crippen molar-refractivity contribution in [3.05, 3.63) is 20.8 Å². The van der Waals surface area contributed by atoms with Gasteiger partial charge < -0.3 is 10.6 Å². The lowest BCUT2D eigenvalue weighted by Crippen LogP contribution is -2.55. The average Bonchev–Trinajstić information content (AvgIpc) is 2.71. The third-order valence-electron chi connectivity index (χ3n) is 3.46. The fourth-order valence-electron chi connectivity index (χ4n) is 2.38. The molecule has 1 aliphatic rings. The summed E-state index contributed by atoms with van der Waals surface area (Å²) < 4.78 is 1.10. The molecule has 1 aliphatic heterocycles. The normalized spacial score (nSPS) is 22.7. The molecule has 2 N–H and O–H groups in total. The van der Waals surface area contributed by atoms with E-state index < -0.39 is 0 Å². The zero-order valence-electron chi connectivity index (χ0n) is 10.8. The molecule has 2 rings (SSSR count). The van der Waals surface area contributed by atoms with Gasteiger partial charge in [0.2, 0.25) is 5.91 Å². The van der Waals surface area contributed by atoms with E-state index in [4.69, 9.17) is 0 Å². The van der Waals surface area contributed by atoms with Crippen LogP contribution in [0.4, 0.5) is 0 Å². The van der Waals surface area contributed by atoms with Gasteiger partial charge in [0.1, 0.15) is 0 Å². The van der Waals surface area contributed by atoms with Gasteiger partial charge >= 0.3 is 0 Å². The first-order chi connectivity index (χ1) is 8.49. The molecule has 0 spiro atoms. The molecule has 0 saturated carbocycles. The largest absolute Gasteiger partial charge is 0.350 e. The van der Waals surface area contributed by atoms with Crippen molar-refractivity contribution < 1.29 is 4.79 Å². The topological polar surface area (TPSA) is 41.1 Å². The summed E-state index contributed by atoms with van der Waals surface area (Å²) >= 11 is 5.09. The van der Waals surface area contributed by atoms with Gasteiger partial charge in [-0.1, -0.05) is 13.8 Å². The maximum absolute atomic E-state index is 12.2. The number of piperidine rings is 1. The summed E-state index contributed by atoms with van der Waals surface area (Å²) in [7, 11) is 0. The predicted octanol–water partition coefficient (Wildman–Crippen LogP) is 2.91. The van der Waals surface area contributed by atoms with Crippen molar-refractivity contribution in [1.29, 1.82) is 0 Å². The molecular weight excluding hydrogens is 312 g/mol. The van der Waals surface area contributed by atoms with Gasteiger partial charge in [0.05, 0.1) is 16.4 Å². The highest BCUT2D eigenvalue weighted by Gasteiger charge is 2.36. The molecule has 1 saturated heterocycles. The summed E-state index contributed by atoms with van der Waals surface area (Å²) in [5.41, 5.74) is 0.0400. The summed E-state index contributed by atoms with van der Waals surface area (Å²) in [5, 5.41) is 6.36. The van der Waals surface area contributed by atoms with Crippen LogP contribution in [0.5, 0.6) is 0 Å². The standard InChI is InChI=1S/C13H19BrN2OS/c1-13(2)6-3-7-15-11(13)12(17)16-8-9-4-5-10(14)18-9/h4-5,11,15H,3,6-8H2,1-2H3,(H,16,17). The van der Waals surface area contributed by atoms with Gasteiger partial charge in [-0.05, 0) is 52.9 Å². The maximum Gasteiger partial charge on any atom is 0.237 e. The molecule has 1 aromatic heterocycles. The van der Waals surface area contributed by atoms with Gasteiger partial charge in [-0.2, -0.15) is 0 Å². The zero-order chi connectivity index (χ0) is 13.2. The van der Waals surface area contributed by atoms with Crippen LogP contribution in [-0.4, -0.2) is 18.5 Å². The highest BCUT2D eigenvalue weighted by molar-refractivity contribution is 9.11. The molecule has 0 radical (unpaired) electrons. The zero-order valence-corrected chi connectivity index (χ0v) is 13.2. The Balaban J connectivity index is 1.91. The Morgan fingerprint density at radius 2 is 2.39 bits per heavy atom. The number of halogens is 1. The van der Waals surface area contributed by atoms with Crippen molar-refractivity contribution in [3.63, 3.8) is 0 Å².